The third-order valence-corrected chi connectivity index (χ3v) is 5.94. The Balaban J connectivity index is 1.59. The average molecular weight is 387 g/mol. The molecule has 3 heterocycles. The number of aryl methyl sites for hydroxylation is 2. The first-order chi connectivity index (χ1) is 12.5. The predicted molar refractivity (Wildman–Crippen MR) is 105 cm³/mol. The molecule has 0 spiro atoms. The maximum atomic E-state index is 12.6. The number of rotatable bonds is 3. The van der Waals surface area contributed by atoms with Gasteiger partial charge in [-0.25, -0.2) is 9.97 Å². The zero-order valence-corrected chi connectivity index (χ0v) is 16.2. The van der Waals surface area contributed by atoms with Gasteiger partial charge in [0.1, 0.15) is 5.82 Å². The van der Waals surface area contributed by atoms with E-state index >= 15 is 0 Å². The fourth-order valence-corrected chi connectivity index (χ4v) is 4.39. The van der Waals surface area contributed by atoms with Crippen LogP contribution >= 0.6 is 22.9 Å². The molecule has 4 rings (SSSR count). The summed E-state index contributed by atoms with van der Waals surface area (Å²) in [6.07, 6.45) is 0.774. The normalized spacial score (nSPS) is 14.4. The Labute approximate surface area is 160 Å². The van der Waals surface area contributed by atoms with Crippen LogP contribution in [0.15, 0.2) is 29.1 Å². The van der Waals surface area contributed by atoms with E-state index in [0.717, 1.165) is 47.0 Å². The highest BCUT2D eigenvalue weighted by Crippen LogP contribution is 2.24. The van der Waals surface area contributed by atoms with Crippen molar-refractivity contribution in [2.24, 2.45) is 0 Å². The topological polar surface area (TPSA) is 61.9 Å². The van der Waals surface area contributed by atoms with Gasteiger partial charge in [-0.1, -0.05) is 11.6 Å². The van der Waals surface area contributed by atoms with E-state index in [2.05, 4.69) is 14.9 Å². The number of hydrogen-bond donors (Lipinski definition) is 1. The minimum absolute atomic E-state index is 0.0538. The highest BCUT2D eigenvalue weighted by atomic mass is 35.5. The summed E-state index contributed by atoms with van der Waals surface area (Å²) < 4.78 is 0. The van der Waals surface area contributed by atoms with Gasteiger partial charge >= 0.3 is 0 Å². The van der Waals surface area contributed by atoms with Crippen molar-refractivity contribution in [3.63, 3.8) is 0 Å². The Morgan fingerprint density at radius 1 is 1.23 bits per heavy atom. The summed E-state index contributed by atoms with van der Waals surface area (Å²) in [6.45, 7) is 6.41. The van der Waals surface area contributed by atoms with Crippen molar-refractivity contribution < 1.29 is 0 Å². The van der Waals surface area contributed by atoms with Gasteiger partial charge in [-0.05, 0) is 38.1 Å². The summed E-state index contributed by atoms with van der Waals surface area (Å²) in [6, 6.07) is 7.35. The lowest BCUT2D eigenvalue weighted by atomic mass is 10.1. The number of aromatic nitrogens is 3. The van der Waals surface area contributed by atoms with Crippen molar-refractivity contribution >= 4 is 22.9 Å². The van der Waals surface area contributed by atoms with Crippen LogP contribution in [0, 0.1) is 13.8 Å². The molecule has 26 heavy (non-hydrogen) atoms. The van der Waals surface area contributed by atoms with Crippen LogP contribution < -0.4 is 5.56 Å². The molecule has 1 aliphatic rings. The molecule has 1 N–H and O–H groups in total. The van der Waals surface area contributed by atoms with E-state index in [1.807, 2.05) is 26.0 Å². The maximum Gasteiger partial charge on any atom is 0.255 e. The number of H-pyrrole nitrogens is 1. The maximum absolute atomic E-state index is 12.6. The highest BCUT2D eigenvalue weighted by molar-refractivity contribution is 7.11. The van der Waals surface area contributed by atoms with E-state index in [4.69, 9.17) is 16.6 Å². The summed E-state index contributed by atoms with van der Waals surface area (Å²) in [4.78, 5) is 28.3. The van der Waals surface area contributed by atoms with Gasteiger partial charge in [0, 0.05) is 41.5 Å². The van der Waals surface area contributed by atoms with Crippen molar-refractivity contribution in [2.75, 3.05) is 6.54 Å². The molecule has 7 heteroatoms. The first-order valence-corrected chi connectivity index (χ1v) is 9.72. The first kappa shape index (κ1) is 17.4. The standard InChI is InChI=1S/C19H19ClN4OS/c1-11-17(26-12(2)21-11)10-24-8-7-16-15(9-24)19(25)23-18(22-16)13-3-5-14(20)6-4-13/h3-6H,7-10H2,1-2H3,(H,22,23,25). The molecule has 0 amide bonds. The van der Waals surface area contributed by atoms with Crippen LogP contribution in [-0.4, -0.2) is 26.4 Å². The van der Waals surface area contributed by atoms with Crippen LogP contribution in [0.3, 0.4) is 0 Å². The molecule has 0 atom stereocenters. The lowest BCUT2D eigenvalue weighted by Crippen LogP contribution is -2.35. The van der Waals surface area contributed by atoms with Gasteiger partial charge < -0.3 is 4.98 Å². The number of halogens is 1. The number of aromatic amines is 1. The molecular formula is C19H19ClN4OS. The summed E-state index contributed by atoms with van der Waals surface area (Å²) in [5.41, 5.74) is 3.57. The lowest BCUT2D eigenvalue weighted by molar-refractivity contribution is 0.243. The zero-order valence-electron chi connectivity index (χ0n) is 14.7. The van der Waals surface area contributed by atoms with Crippen molar-refractivity contribution in [2.45, 2.75) is 33.4 Å². The number of benzene rings is 1. The summed E-state index contributed by atoms with van der Waals surface area (Å²) in [5, 5.41) is 1.75. The van der Waals surface area contributed by atoms with Crippen molar-refractivity contribution in [3.8, 4) is 11.4 Å². The molecule has 0 unspecified atom stereocenters. The number of nitrogens with one attached hydrogen (secondary N) is 1. The van der Waals surface area contributed by atoms with Gasteiger partial charge in [-0.15, -0.1) is 11.3 Å². The largest absolute Gasteiger partial charge is 0.306 e. The molecule has 5 nitrogen and oxygen atoms in total. The van der Waals surface area contributed by atoms with Gasteiger partial charge in [0.2, 0.25) is 0 Å². The summed E-state index contributed by atoms with van der Waals surface area (Å²) in [7, 11) is 0. The van der Waals surface area contributed by atoms with Crippen LogP contribution in [0.1, 0.15) is 26.8 Å². The molecule has 0 bridgehead atoms. The second-order valence-corrected chi connectivity index (χ2v) is 8.27. The van der Waals surface area contributed by atoms with E-state index in [-0.39, 0.29) is 5.56 Å². The summed E-state index contributed by atoms with van der Waals surface area (Å²) in [5.74, 6) is 0.604. The number of nitrogens with zero attached hydrogens (tertiary/aromatic N) is 3. The van der Waals surface area contributed by atoms with Crippen LogP contribution in [0.2, 0.25) is 5.02 Å². The predicted octanol–water partition coefficient (Wildman–Crippen LogP) is 3.72. The van der Waals surface area contributed by atoms with Crippen LogP contribution in [0.5, 0.6) is 0 Å². The average Bonchev–Trinajstić information content (AvgIpc) is 2.93. The molecule has 2 aromatic heterocycles. The van der Waals surface area contributed by atoms with E-state index < -0.39 is 0 Å². The zero-order chi connectivity index (χ0) is 18.3. The molecular weight excluding hydrogens is 368 g/mol. The molecule has 0 fully saturated rings. The molecule has 0 saturated carbocycles. The third-order valence-electron chi connectivity index (χ3n) is 4.63. The van der Waals surface area contributed by atoms with Gasteiger partial charge in [0.15, 0.2) is 0 Å². The smallest absolute Gasteiger partial charge is 0.255 e. The fraction of sp³-hybridized carbons (Fsp3) is 0.316. The molecule has 0 radical (unpaired) electrons. The van der Waals surface area contributed by atoms with E-state index in [1.165, 1.54) is 4.88 Å². The van der Waals surface area contributed by atoms with Gasteiger partial charge in [0.25, 0.3) is 5.56 Å². The quantitative estimate of drug-likeness (QED) is 0.745. The molecule has 1 aliphatic heterocycles. The Hall–Kier alpha value is -2.02. The SMILES string of the molecule is Cc1nc(C)c(CN2CCc3nc(-c4ccc(Cl)cc4)[nH]c(=O)c3C2)s1. The Morgan fingerprint density at radius 3 is 2.69 bits per heavy atom. The van der Waals surface area contributed by atoms with Gasteiger partial charge in [-0.3, -0.25) is 9.69 Å². The van der Waals surface area contributed by atoms with E-state index in [0.29, 0.717) is 17.4 Å². The Kier molecular flexibility index (Phi) is 4.65. The number of hydrogen-bond acceptors (Lipinski definition) is 5. The highest BCUT2D eigenvalue weighted by Gasteiger charge is 2.22. The van der Waals surface area contributed by atoms with Crippen LogP contribution in [0.25, 0.3) is 11.4 Å². The number of thiazole rings is 1. The van der Waals surface area contributed by atoms with Crippen molar-refractivity contribution in [1.29, 1.82) is 0 Å². The fourth-order valence-electron chi connectivity index (χ4n) is 3.28. The lowest BCUT2D eigenvalue weighted by Gasteiger charge is -2.27. The van der Waals surface area contributed by atoms with Gasteiger partial charge in [0.05, 0.1) is 22.0 Å². The first-order valence-electron chi connectivity index (χ1n) is 8.53. The van der Waals surface area contributed by atoms with E-state index in [9.17, 15) is 4.79 Å². The third kappa shape index (κ3) is 3.45. The van der Waals surface area contributed by atoms with Crippen LogP contribution in [0.4, 0.5) is 0 Å². The molecule has 3 aromatic rings. The van der Waals surface area contributed by atoms with Crippen molar-refractivity contribution in [3.05, 3.63) is 66.5 Å². The second kappa shape index (κ2) is 6.95. The molecule has 0 aliphatic carbocycles. The minimum Gasteiger partial charge on any atom is -0.306 e. The molecule has 1 aromatic carbocycles. The van der Waals surface area contributed by atoms with E-state index in [1.54, 1.807) is 23.5 Å². The monoisotopic (exact) mass is 386 g/mol. The second-order valence-electron chi connectivity index (χ2n) is 6.55. The molecule has 134 valence electrons. The Bertz CT molecular complexity index is 1010. The number of fused-ring (bicyclic) bond motifs is 1. The van der Waals surface area contributed by atoms with Crippen molar-refractivity contribution in [1.82, 2.24) is 19.9 Å². The Morgan fingerprint density at radius 2 is 2.00 bits per heavy atom. The van der Waals surface area contributed by atoms with Crippen LogP contribution in [-0.2, 0) is 19.5 Å². The summed E-state index contributed by atoms with van der Waals surface area (Å²) >= 11 is 7.67. The van der Waals surface area contributed by atoms with Gasteiger partial charge in [-0.2, -0.15) is 0 Å². The minimum atomic E-state index is -0.0538. The molecule has 0 saturated heterocycles.